The number of hydrogen-bond acceptors (Lipinski definition) is 7. The highest BCUT2D eigenvalue weighted by atomic mass is 32.1. The fourth-order valence-electron chi connectivity index (χ4n) is 4.42. The Hall–Kier alpha value is -4.10. The van der Waals surface area contributed by atoms with Crippen molar-refractivity contribution in [2.24, 2.45) is 5.73 Å². The molecule has 2 aromatic heterocycles. The number of aliphatic carboxylic acids is 1. The highest BCUT2D eigenvalue weighted by molar-refractivity contribution is 7.15. The molecule has 1 atom stereocenters. The number of alkyl halides is 3. The molecule has 16 heteroatoms. The van der Waals surface area contributed by atoms with Gasteiger partial charge in [-0.1, -0.05) is 18.3 Å². The van der Waals surface area contributed by atoms with Gasteiger partial charge in [-0.3, -0.25) is 14.3 Å². The molecule has 228 valence electrons. The number of halogens is 3. The van der Waals surface area contributed by atoms with Crippen LogP contribution in [0.1, 0.15) is 65.2 Å². The van der Waals surface area contributed by atoms with E-state index in [1.54, 1.807) is 19.2 Å². The number of aromatic nitrogens is 2. The van der Waals surface area contributed by atoms with Crippen molar-refractivity contribution in [2.75, 3.05) is 31.5 Å². The number of nitrogens with zero attached hydrogens (tertiary/aromatic N) is 3. The van der Waals surface area contributed by atoms with Crippen molar-refractivity contribution in [1.29, 1.82) is 0 Å². The Kier molecular flexibility index (Phi) is 11.3. The molecule has 42 heavy (non-hydrogen) atoms. The number of likely N-dealkylation sites (tertiary alicyclic amines) is 1. The number of carboxylic acids is 1. The molecular formula is C26H32F3N7O5S. The molecule has 4 heterocycles. The Morgan fingerprint density at radius 1 is 1.17 bits per heavy atom. The molecule has 4 amide bonds. The quantitative estimate of drug-likeness (QED) is 0.331. The fourth-order valence-corrected chi connectivity index (χ4v) is 5.29. The largest absolute Gasteiger partial charge is 0.490 e. The van der Waals surface area contributed by atoms with Crippen molar-refractivity contribution >= 4 is 40.8 Å². The predicted molar refractivity (Wildman–Crippen MR) is 148 cm³/mol. The van der Waals surface area contributed by atoms with E-state index >= 15 is 0 Å². The van der Waals surface area contributed by atoms with E-state index in [2.05, 4.69) is 32.9 Å². The minimum absolute atomic E-state index is 0.0382. The Morgan fingerprint density at radius 2 is 1.86 bits per heavy atom. The zero-order chi connectivity index (χ0) is 30.9. The van der Waals surface area contributed by atoms with Crippen LogP contribution in [-0.2, 0) is 9.59 Å². The molecule has 0 bridgehead atoms. The lowest BCUT2D eigenvalue weighted by Gasteiger charge is -2.31. The SMILES string of the molecule is CC(=O)N1CCC(n2cc(C#Cc3cc(NC(N)=O)c(C(=O)N[C@H]4CCCCNC4)s3)cn2)CC1.O=C(O)C(F)(F)F. The van der Waals surface area contributed by atoms with Crippen molar-refractivity contribution in [1.82, 2.24) is 25.3 Å². The number of hydrogen-bond donors (Lipinski definition) is 5. The lowest BCUT2D eigenvalue weighted by atomic mass is 10.1. The molecular weight excluding hydrogens is 579 g/mol. The third-order valence-corrected chi connectivity index (χ3v) is 7.59. The number of carbonyl (C=O) groups excluding carboxylic acids is 3. The molecule has 0 aliphatic carbocycles. The van der Waals surface area contributed by atoms with Crippen molar-refractivity contribution in [3.05, 3.63) is 33.8 Å². The van der Waals surface area contributed by atoms with E-state index in [0.29, 0.717) is 15.4 Å². The number of amides is 4. The summed E-state index contributed by atoms with van der Waals surface area (Å²) >= 11 is 1.22. The molecule has 2 fully saturated rings. The zero-order valence-electron chi connectivity index (χ0n) is 22.8. The number of anilines is 1. The van der Waals surface area contributed by atoms with Gasteiger partial charge in [-0.05, 0) is 38.3 Å². The van der Waals surface area contributed by atoms with Gasteiger partial charge in [0.05, 0.1) is 28.4 Å². The fraction of sp³-hybridized carbons (Fsp3) is 0.500. The summed E-state index contributed by atoms with van der Waals surface area (Å²) in [5, 5.41) is 20.5. The first-order valence-electron chi connectivity index (χ1n) is 13.2. The second-order valence-electron chi connectivity index (χ2n) is 9.71. The molecule has 2 aromatic rings. The van der Waals surface area contributed by atoms with Crippen LogP contribution in [-0.4, -0.2) is 82.0 Å². The molecule has 2 saturated heterocycles. The van der Waals surface area contributed by atoms with Crippen molar-refractivity contribution in [3.8, 4) is 11.8 Å². The first-order valence-corrected chi connectivity index (χ1v) is 14.0. The third-order valence-electron chi connectivity index (χ3n) is 6.54. The van der Waals surface area contributed by atoms with Crippen molar-refractivity contribution < 1.29 is 37.5 Å². The molecule has 2 aliphatic rings. The summed E-state index contributed by atoms with van der Waals surface area (Å²) in [6.07, 6.45) is 3.31. The second kappa shape index (κ2) is 14.7. The molecule has 0 radical (unpaired) electrons. The summed E-state index contributed by atoms with van der Waals surface area (Å²) in [6, 6.07) is 1.22. The minimum atomic E-state index is -5.08. The lowest BCUT2D eigenvalue weighted by molar-refractivity contribution is -0.192. The maximum absolute atomic E-state index is 13.0. The van der Waals surface area contributed by atoms with Gasteiger partial charge in [0.15, 0.2) is 0 Å². The topological polar surface area (TPSA) is 172 Å². The number of carboxylic acid groups (broad SMARTS) is 1. The van der Waals surface area contributed by atoms with E-state index in [9.17, 15) is 27.6 Å². The van der Waals surface area contributed by atoms with Gasteiger partial charge in [-0.15, -0.1) is 11.3 Å². The summed E-state index contributed by atoms with van der Waals surface area (Å²) in [5.74, 6) is 3.28. The lowest BCUT2D eigenvalue weighted by Crippen LogP contribution is -2.40. The Labute approximate surface area is 243 Å². The maximum Gasteiger partial charge on any atom is 0.490 e. The number of urea groups is 1. The van der Waals surface area contributed by atoms with Gasteiger partial charge in [0.1, 0.15) is 4.88 Å². The van der Waals surface area contributed by atoms with Crippen LogP contribution in [0.5, 0.6) is 0 Å². The molecule has 0 spiro atoms. The summed E-state index contributed by atoms with van der Waals surface area (Å²) in [5.41, 5.74) is 6.43. The number of rotatable bonds is 4. The van der Waals surface area contributed by atoms with E-state index < -0.39 is 18.2 Å². The van der Waals surface area contributed by atoms with Gasteiger partial charge >= 0.3 is 18.2 Å². The highest BCUT2D eigenvalue weighted by Gasteiger charge is 2.38. The van der Waals surface area contributed by atoms with E-state index in [4.69, 9.17) is 15.6 Å². The number of carbonyl (C=O) groups is 4. The van der Waals surface area contributed by atoms with E-state index in [1.165, 1.54) is 11.3 Å². The van der Waals surface area contributed by atoms with E-state index in [1.807, 2.05) is 15.8 Å². The highest BCUT2D eigenvalue weighted by Crippen LogP contribution is 2.27. The van der Waals surface area contributed by atoms with Crippen LogP contribution >= 0.6 is 11.3 Å². The molecule has 0 saturated carbocycles. The standard InChI is InChI=1S/C24H31N7O3S.C2HF3O2/c1-16(32)30-10-7-19(8-11-30)31-15-17(13-27-31)5-6-20-12-21(29-24(25)34)22(35-20)23(33)28-18-4-2-3-9-26-14-18;3-2(4,5)1(6)7/h12-13,15,18-19,26H,2-4,7-11,14H2,1H3,(H,28,33)(H3,25,29,34);(H,6,7)/t18-;/m0./s1. The van der Waals surface area contributed by atoms with Crippen molar-refractivity contribution in [3.63, 3.8) is 0 Å². The van der Waals surface area contributed by atoms with E-state index in [0.717, 1.165) is 63.8 Å². The van der Waals surface area contributed by atoms with Gasteiger partial charge < -0.3 is 31.7 Å². The van der Waals surface area contributed by atoms with Gasteiger partial charge in [0, 0.05) is 38.8 Å². The number of nitrogens with one attached hydrogen (secondary N) is 3. The summed E-state index contributed by atoms with van der Waals surface area (Å²) in [7, 11) is 0. The molecule has 4 rings (SSSR count). The Morgan fingerprint density at radius 3 is 2.48 bits per heavy atom. The predicted octanol–water partition coefficient (Wildman–Crippen LogP) is 2.52. The summed E-state index contributed by atoms with van der Waals surface area (Å²) in [4.78, 5) is 47.7. The number of piperidine rings is 1. The van der Waals surface area contributed by atoms with Crippen molar-refractivity contribution in [2.45, 2.75) is 57.3 Å². The first kappa shape index (κ1) is 32.4. The summed E-state index contributed by atoms with van der Waals surface area (Å²) in [6.45, 7) is 4.73. The third kappa shape index (κ3) is 9.77. The van der Waals surface area contributed by atoms with Crippen LogP contribution in [0.2, 0.25) is 0 Å². The maximum atomic E-state index is 13.0. The number of nitrogens with two attached hydrogens (primary N) is 1. The van der Waals surface area contributed by atoms with Crippen LogP contribution in [0, 0.1) is 11.8 Å². The van der Waals surface area contributed by atoms with Crippen LogP contribution in [0.3, 0.4) is 0 Å². The van der Waals surface area contributed by atoms with Gasteiger partial charge in [-0.2, -0.15) is 18.3 Å². The normalized spacial score (nSPS) is 17.5. The molecule has 2 aliphatic heterocycles. The molecule has 0 unspecified atom stereocenters. The number of primary amides is 1. The monoisotopic (exact) mass is 611 g/mol. The van der Waals surface area contributed by atoms with Gasteiger partial charge in [0.2, 0.25) is 5.91 Å². The average molecular weight is 612 g/mol. The molecule has 0 aromatic carbocycles. The first-order chi connectivity index (χ1) is 19.8. The van der Waals surface area contributed by atoms with Crippen LogP contribution in [0.15, 0.2) is 18.5 Å². The Bertz CT molecular complexity index is 1330. The Balaban J connectivity index is 0.000000616. The van der Waals surface area contributed by atoms with Crippen LogP contribution < -0.4 is 21.7 Å². The molecule has 6 N–H and O–H groups in total. The van der Waals surface area contributed by atoms with Gasteiger partial charge in [-0.25, -0.2) is 9.59 Å². The van der Waals surface area contributed by atoms with Gasteiger partial charge in [0.25, 0.3) is 5.91 Å². The van der Waals surface area contributed by atoms with Crippen LogP contribution in [0.4, 0.5) is 23.7 Å². The van der Waals surface area contributed by atoms with Crippen LogP contribution in [0.25, 0.3) is 0 Å². The minimum Gasteiger partial charge on any atom is -0.475 e. The second-order valence-corrected chi connectivity index (χ2v) is 10.8. The average Bonchev–Trinajstić information content (AvgIpc) is 3.47. The van der Waals surface area contributed by atoms with E-state index in [-0.39, 0.29) is 23.9 Å². The number of thiophene rings is 1. The zero-order valence-corrected chi connectivity index (χ0v) is 23.6. The summed E-state index contributed by atoms with van der Waals surface area (Å²) < 4.78 is 33.6. The molecule has 12 nitrogen and oxygen atoms in total. The smallest absolute Gasteiger partial charge is 0.475 e.